The summed E-state index contributed by atoms with van der Waals surface area (Å²) in [6.45, 7) is 0. The van der Waals surface area contributed by atoms with E-state index in [9.17, 15) is 18.0 Å². The molecule has 0 radical (unpaired) electrons. The summed E-state index contributed by atoms with van der Waals surface area (Å²) in [5.41, 5.74) is 0.171. The van der Waals surface area contributed by atoms with Gasteiger partial charge in [-0.25, -0.2) is 13.2 Å². The van der Waals surface area contributed by atoms with Gasteiger partial charge in [-0.3, -0.25) is 4.79 Å². The molecule has 2 aromatic carbocycles. The molecule has 0 bridgehead atoms. The lowest BCUT2D eigenvalue weighted by Crippen LogP contribution is -2.14. The Kier molecular flexibility index (Phi) is 4.60. The molecule has 0 aliphatic carbocycles. The number of hydrogen-bond donors (Lipinski definition) is 2. The van der Waals surface area contributed by atoms with Crippen LogP contribution in [0.1, 0.15) is 10.4 Å². The van der Waals surface area contributed by atoms with Crippen LogP contribution in [0.25, 0.3) is 0 Å². The number of nitrogens with one attached hydrogen (secondary N) is 2. The smallest absolute Gasteiger partial charge is 0.256 e. The van der Waals surface area contributed by atoms with Crippen molar-refractivity contribution >= 4 is 23.2 Å². The van der Waals surface area contributed by atoms with E-state index in [0.29, 0.717) is 0 Å². The monoisotopic (exact) mass is 344 g/mol. The van der Waals surface area contributed by atoms with Crippen LogP contribution in [0.3, 0.4) is 0 Å². The summed E-state index contributed by atoms with van der Waals surface area (Å²) >= 11 is 0. The molecular formula is C17H11F3N4O. The van der Waals surface area contributed by atoms with E-state index < -0.39 is 23.4 Å². The lowest BCUT2D eigenvalue weighted by atomic mass is 10.2. The van der Waals surface area contributed by atoms with Gasteiger partial charge >= 0.3 is 0 Å². The van der Waals surface area contributed by atoms with Gasteiger partial charge in [-0.1, -0.05) is 12.1 Å². The first-order chi connectivity index (χ1) is 12.0. The van der Waals surface area contributed by atoms with Gasteiger partial charge in [-0.15, -0.1) is 10.2 Å². The molecule has 0 saturated carbocycles. The highest BCUT2D eigenvalue weighted by Crippen LogP contribution is 2.18. The SMILES string of the molecule is O=C(Nc1ccc(Nc2ccccc2F)nn1)c1ccc(F)c(F)c1. The zero-order valence-corrected chi connectivity index (χ0v) is 12.6. The van der Waals surface area contributed by atoms with E-state index in [1.165, 1.54) is 24.3 Å². The van der Waals surface area contributed by atoms with Gasteiger partial charge in [0, 0.05) is 5.56 Å². The third-order valence-corrected chi connectivity index (χ3v) is 3.22. The molecule has 0 unspecified atom stereocenters. The highest BCUT2D eigenvalue weighted by Gasteiger charge is 2.11. The fourth-order valence-corrected chi connectivity index (χ4v) is 1.99. The van der Waals surface area contributed by atoms with Crippen molar-refractivity contribution in [3.8, 4) is 0 Å². The summed E-state index contributed by atoms with van der Waals surface area (Å²) in [7, 11) is 0. The van der Waals surface area contributed by atoms with Crippen molar-refractivity contribution in [3.05, 3.63) is 77.6 Å². The topological polar surface area (TPSA) is 66.9 Å². The second kappa shape index (κ2) is 7.00. The van der Waals surface area contributed by atoms with Gasteiger partial charge < -0.3 is 10.6 Å². The fourth-order valence-electron chi connectivity index (χ4n) is 1.99. The second-order valence-corrected chi connectivity index (χ2v) is 4.99. The standard InChI is InChI=1S/C17H11F3N4O/c18-11-6-5-10(9-13(11)20)17(25)22-16-8-7-15(23-24-16)21-14-4-2-1-3-12(14)19/h1-9H,(H,21,23)(H,22,24,25). The fraction of sp³-hybridized carbons (Fsp3) is 0. The van der Waals surface area contributed by atoms with Crippen molar-refractivity contribution in [2.75, 3.05) is 10.6 Å². The molecule has 0 atom stereocenters. The Hall–Kier alpha value is -3.42. The maximum Gasteiger partial charge on any atom is 0.256 e. The highest BCUT2D eigenvalue weighted by atomic mass is 19.2. The quantitative estimate of drug-likeness (QED) is 0.753. The van der Waals surface area contributed by atoms with Gasteiger partial charge in [-0.2, -0.15) is 0 Å². The maximum absolute atomic E-state index is 13.6. The maximum atomic E-state index is 13.6. The number of nitrogens with zero attached hydrogens (tertiary/aromatic N) is 2. The van der Waals surface area contributed by atoms with Gasteiger partial charge in [0.1, 0.15) is 5.82 Å². The largest absolute Gasteiger partial charge is 0.336 e. The third kappa shape index (κ3) is 3.92. The van der Waals surface area contributed by atoms with E-state index in [4.69, 9.17) is 0 Å². The minimum Gasteiger partial charge on any atom is -0.336 e. The molecule has 3 aromatic rings. The lowest BCUT2D eigenvalue weighted by Gasteiger charge is -2.07. The molecule has 0 saturated heterocycles. The van der Waals surface area contributed by atoms with Crippen LogP contribution in [-0.4, -0.2) is 16.1 Å². The molecule has 2 N–H and O–H groups in total. The normalized spacial score (nSPS) is 10.4. The molecule has 8 heteroatoms. The van der Waals surface area contributed by atoms with E-state index in [2.05, 4.69) is 20.8 Å². The number of para-hydroxylation sites is 1. The third-order valence-electron chi connectivity index (χ3n) is 3.22. The van der Waals surface area contributed by atoms with Crippen LogP contribution in [0.15, 0.2) is 54.6 Å². The number of rotatable bonds is 4. The van der Waals surface area contributed by atoms with Crippen molar-refractivity contribution in [1.29, 1.82) is 0 Å². The summed E-state index contributed by atoms with van der Waals surface area (Å²) in [4.78, 5) is 12.0. The Morgan fingerprint density at radius 1 is 0.800 bits per heavy atom. The lowest BCUT2D eigenvalue weighted by molar-refractivity contribution is 0.102. The van der Waals surface area contributed by atoms with Crippen LogP contribution < -0.4 is 10.6 Å². The van der Waals surface area contributed by atoms with Crippen LogP contribution in [0, 0.1) is 17.5 Å². The van der Waals surface area contributed by atoms with Gasteiger partial charge in [0.15, 0.2) is 23.3 Å². The number of aromatic nitrogens is 2. The molecule has 0 aliphatic heterocycles. The van der Waals surface area contributed by atoms with Gasteiger partial charge in [0.25, 0.3) is 5.91 Å². The summed E-state index contributed by atoms with van der Waals surface area (Å²) in [6, 6.07) is 11.8. The van der Waals surface area contributed by atoms with Crippen molar-refractivity contribution in [3.63, 3.8) is 0 Å². The van der Waals surface area contributed by atoms with Crippen molar-refractivity contribution in [1.82, 2.24) is 10.2 Å². The molecule has 25 heavy (non-hydrogen) atoms. The summed E-state index contributed by atoms with van der Waals surface area (Å²) in [5, 5.41) is 12.7. The first kappa shape index (κ1) is 16.4. The number of halogens is 3. The summed E-state index contributed by atoms with van der Waals surface area (Å²) in [5.74, 6) is -2.89. The van der Waals surface area contributed by atoms with E-state index in [1.807, 2.05) is 0 Å². The predicted octanol–water partition coefficient (Wildman–Crippen LogP) is 3.89. The van der Waals surface area contributed by atoms with E-state index in [0.717, 1.165) is 18.2 Å². The number of carbonyl (C=O) groups is 1. The molecule has 1 amide bonds. The minimum atomic E-state index is -1.12. The van der Waals surface area contributed by atoms with Crippen LogP contribution in [0.5, 0.6) is 0 Å². The average molecular weight is 344 g/mol. The zero-order valence-electron chi connectivity index (χ0n) is 12.6. The first-order valence-electron chi connectivity index (χ1n) is 7.14. The zero-order chi connectivity index (χ0) is 17.8. The van der Waals surface area contributed by atoms with Crippen LogP contribution in [0.4, 0.5) is 30.5 Å². The van der Waals surface area contributed by atoms with Crippen LogP contribution in [-0.2, 0) is 0 Å². The number of amides is 1. The Balaban J connectivity index is 1.69. The Morgan fingerprint density at radius 2 is 1.52 bits per heavy atom. The molecule has 3 rings (SSSR count). The van der Waals surface area contributed by atoms with Crippen LogP contribution in [0.2, 0.25) is 0 Å². The van der Waals surface area contributed by atoms with E-state index >= 15 is 0 Å². The number of hydrogen-bond acceptors (Lipinski definition) is 4. The molecule has 1 aromatic heterocycles. The molecule has 1 heterocycles. The number of benzene rings is 2. The van der Waals surface area contributed by atoms with E-state index in [-0.39, 0.29) is 22.9 Å². The number of anilines is 3. The predicted molar refractivity (Wildman–Crippen MR) is 86.0 cm³/mol. The minimum absolute atomic E-state index is 0.0609. The van der Waals surface area contributed by atoms with E-state index in [1.54, 1.807) is 12.1 Å². The second-order valence-electron chi connectivity index (χ2n) is 4.99. The molecule has 5 nitrogen and oxygen atoms in total. The average Bonchev–Trinajstić information content (AvgIpc) is 2.61. The molecular weight excluding hydrogens is 333 g/mol. The highest BCUT2D eigenvalue weighted by molar-refractivity contribution is 6.03. The number of carbonyl (C=O) groups excluding carboxylic acids is 1. The summed E-state index contributed by atoms with van der Waals surface area (Å²) in [6.07, 6.45) is 0. The van der Waals surface area contributed by atoms with Gasteiger partial charge in [0.2, 0.25) is 0 Å². The van der Waals surface area contributed by atoms with Gasteiger partial charge in [-0.05, 0) is 42.5 Å². The first-order valence-corrected chi connectivity index (χ1v) is 7.14. The Morgan fingerprint density at radius 3 is 2.20 bits per heavy atom. The molecule has 0 spiro atoms. The Labute approximate surface area is 140 Å². The molecule has 0 aliphatic rings. The van der Waals surface area contributed by atoms with Crippen molar-refractivity contribution < 1.29 is 18.0 Å². The molecule has 0 fully saturated rings. The Bertz CT molecular complexity index is 916. The van der Waals surface area contributed by atoms with Crippen molar-refractivity contribution in [2.45, 2.75) is 0 Å². The van der Waals surface area contributed by atoms with Gasteiger partial charge in [0.05, 0.1) is 5.69 Å². The molecule has 126 valence electrons. The van der Waals surface area contributed by atoms with Crippen LogP contribution >= 0.6 is 0 Å². The van der Waals surface area contributed by atoms with Crippen molar-refractivity contribution in [2.24, 2.45) is 0 Å². The summed E-state index contributed by atoms with van der Waals surface area (Å²) < 4.78 is 39.6.